The van der Waals surface area contributed by atoms with Crippen molar-refractivity contribution in [3.63, 3.8) is 0 Å². The lowest BCUT2D eigenvalue weighted by molar-refractivity contribution is 0.0102. The lowest BCUT2D eigenvalue weighted by atomic mass is 10.0. The van der Waals surface area contributed by atoms with Gasteiger partial charge in [-0.25, -0.2) is 0 Å². The minimum Gasteiger partial charge on any atom is -0.378 e. The highest BCUT2D eigenvalue weighted by molar-refractivity contribution is 4.75. The highest BCUT2D eigenvalue weighted by Crippen LogP contribution is 2.27. The topological polar surface area (TPSA) is 21.3 Å². The van der Waals surface area contributed by atoms with Crippen LogP contribution in [0, 0.1) is 5.92 Å². The van der Waals surface area contributed by atoms with Crippen LogP contribution < -0.4 is 5.32 Å². The Bertz CT molecular complexity index is 150. The summed E-state index contributed by atoms with van der Waals surface area (Å²) in [7, 11) is 0. The average molecular weight is 197 g/mol. The average Bonchev–Trinajstić information content (AvgIpc) is 3.03. The highest BCUT2D eigenvalue weighted by Gasteiger charge is 2.20. The predicted molar refractivity (Wildman–Crippen MR) is 58.4 cm³/mol. The molecule has 1 aliphatic carbocycles. The molecule has 1 unspecified atom stereocenters. The van der Waals surface area contributed by atoms with Crippen LogP contribution in [0.25, 0.3) is 0 Å². The van der Waals surface area contributed by atoms with E-state index in [0.717, 1.165) is 12.5 Å². The Morgan fingerprint density at radius 2 is 2.07 bits per heavy atom. The lowest BCUT2D eigenvalue weighted by Gasteiger charge is -2.22. The molecular formula is C12H23NO. The van der Waals surface area contributed by atoms with Gasteiger partial charge in [-0.3, -0.25) is 0 Å². The van der Waals surface area contributed by atoms with E-state index in [0.29, 0.717) is 6.10 Å². The lowest BCUT2D eigenvalue weighted by Crippen LogP contribution is -2.22. The van der Waals surface area contributed by atoms with Crippen LogP contribution in [0.4, 0.5) is 0 Å². The minimum atomic E-state index is 0.575. The number of hydrogen-bond acceptors (Lipinski definition) is 2. The molecule has 1 aliphatic heterocycles. The van der Waals surface area contributed by atoms with E-state index in [-0.39, 0.29) is 0 Å². The molecule has 2 aliphatic rings. The molecule has 1 heterocycles. The Labute approximate surface area is 87.4 Å². The van der Waals surface area contributed by atoms with Crippen LogP contribution in [0.1, 0.15) is 44.9 Å². The van der Waals surface area contributed by atoms with Crippen LogP contribution in [-0.4, -0.2) is 25.8 Å². The van der Waals surface area contributed by atoms with Gasteiger partial charge in [0.05, 0.1) is 6.10 Å². The summed E-state index contributed by atoms with van der Waals surface area (Å²) < 4.78 is 5.69. The Kier molecular flexibility index (Phi) is 4.26. The fourth-order valence-corrected chi connectivity index (χ4v) is 2.12. The Morgan fingerprint density at radius 3 is 2.79 bits per heavy atom. The van der Waals surface area contributed by atoms with Gasteiger partial charge in [0.15, 0.2) is 0 Å². The van der Waals surface area contributed by atoms with E-state index in [1.807, 2.05) is 0 Å². The first kappa shape index (κ1) is 10.4. The third kappa shape index (κ3) is 3.97. The summed E-state index contributed by atoms with van der Waals surface area (Å²) in [6.07, 6.45) is 9.98. The Hall–Kier alpha value is -0.0800. The normalized spacial score (nSPS) is 27.9. The second kappa shape index (κ2) is 5.72. The van der Waals surface area contributed by atoms with Crippen LogP contribution >= 0.6 is 0 Å². The van der Waals surface area contributed by atoms with E-state index >= 15 is 0 Å². The summed E-state index contributed by atoms with van der Waals surface area (Å²) in [5, 5.41) is 3.53. The molecule has 0 amide bonds. The maximum Gasteiger partial charge on any atom is 0.0575 e. The fraction of sp³-hybridized carbons (Fsp3) is 1.00. The third-order valence-electron chi connectivity index (χ3n) is 3.28. The van der Waals surface area contributed by atoms with Gasteiger partial charge in [0.1, 0.15) is 0 Å². The van der Waals surface area contributed by atoms with Crippen LogP contribution in [0.3, 0.4) is 0 Å². The molecule has 0 spiro atoms. The maximum absolute atomic E-state index is 5.69. The molecule has 0 aromatic rings. The summed E-state index contributed by atoms with van der Waals surface area (Å²) in [5.74, 6) is 1.01. The summed E-state index contributed by atoms with van der Waals surface area (Å²) in [4.78, 5) is 0. The van der Waals surface area contributed by atoms with Crippen molar-refractivity contribution in [3.8, 4) is 0 Å². The second-order valence-electron chi connectivity index (χ2n) is 4.78. The largest absolute Gasteiger partial charge is 0.378 e. The zero-order chi connectivity index (χ0) is 9.64. The molecular weight excluding hydrogens is 174 g/mol. The highest BCUT2D eigenvalue weighted by atomic mass is 16.5. The number of ether oxygens (including phenoxy) is 1. The monoisotopic (exact) mass is 197 g/mol. The van der Waals surface area contributed by atoms with Gasteiger partial charge in [0.2, 0.25) is 0 Å². The minimum absolute atomic E-state index is 0.575. The van der Waals surface area contributed by atoms with Gasteiger partial charge < -0.3 is 10.1 Å². The van der Waals surface area contributed by atoms with E-state index < -0.39 is 0 Å². The number of nitrogens with one attached hydrogen (secondary N) is 1. The van der Waals surface area contributed by atoms with Crippen molar-refractivity contribution >= 4 is 0 Å². The van der Waals surface area contributed by atoms with Gasteiger partial charge >= 0.3 is 0 Å². The number of hydrogen-bond donors (Lipinski definition) is 1. The van der Waals surface area contributed by atoms with Gasteiger partial charge in [-0.15, -0.1) is 0 Å². The van der Waals surface area contributed by atoms with Gasteiger partial charge in [0, 0.05) is 6.61 Å². The maximum atomic E-state index is 5.69. The number of rotatable bonds is 6. The first-order valence-corrected chi connectivity index (χ1v) is 6.27. The van der Waals surface area contributed by atoms with E-state index in [1.54, 1.807) is 0 Å². The van der Waals surface area contributed by atoms with Crippen molar-refractivity contribution < 1.29 is 4.74 Å². The van der Waals surface area contributed by atoms with Crippen LogP contribution in [0.15, 0.2) is 0 Å². The molecule has 0 aromatic heterocycles. The molecule has 82 valence electrons. The fourth-order valence-electron chi connectivity index (χ4n) is 2.12. The van der Waals surface area contributed by atoms with E-state index in [1.165, 1.54) is 58.0 Å². The zero-order valence-electron chi connectivity index (χ0n) is 9.13. The summed E-state index contributed by atoms with van der Waals surface area (Å²) >= 11 is 0. The van der Waals surface area contributed by atoms with Gasteiger partial charge in [-0.2, -0.15) is 0 Å². The first-order valence-electron chi connectivity index (χ1n) is 6.27. The summed E-state index contributed by atoms with van der Waals surface area (Å²) in [6.45, 7) is 3.45. The van der Waals surface area contributed by atoms with Crippen molar-refractivity contribution in [1.29, 1.82) is 0 Å². The standard InChI is InChI=1S/C12H23NO/c1-2-9-14-12(4-1)5-3-8-13-10-11-6-7-11/h11-13H,1-10H2. The Balaban J connectivity index is 1.41. The second-order valence-corrected chi connectivity index (χ2v) is 4.78. The Morgan fingerprint density at radius 1 is 1.14 bits per heavy atom. The van der Waals surface area contributed by atoms with Crippen molar-refractivity contribution in [2.24, 2.45) is 5.92 Å². The quantitative estimate of drug-likeness (QED) is 0.660. The van der Waals surface area contributed by atoms with Crippen LogP contribution in [0.2, 0.25) is 0 Å². The molecule has 2 fully saturated rings. The first-order chi connectivity index (χ1) is 6.95. The van der Waals surface area contributed by atoms with Crippen molar-refractivity contribution in [2.45, 2.75) is 51.0 Å². The molecule has 0 aromatic carbocycles. The molecule has 1 saturated heterocycles. The molecule has 0 bridgehead atoms. The SMILES string of the molecule is C1CCC(CCCNCC2CC2)OC1. The molecule has 2 heteroatoms. The van der Waals surface area contributed by atoms with E-state index in [2.05, 4.69) is 5.32 Å². The van der Waals surface area contributed by atoms with Crippen LogP contribution in [-0.2, 0) is 4.74 Å². The van der Waals surface area contributed by atoms with E-state index in [9.17, 15) is 0 Å². The smallest absolute Gasteiger partial charge is 0.0575 e. The summed E-state index contributed by atoms with van der Waals surface area (Å²) in [6, 6.07) is 0. The third-order valence-corrected chi connectivity index (χ3v) is 3.28. The van der Waals surface area contributed by atoms with E-state index in [4.69, 9.17) is 4.74 Å². The van der Waals surface area contributed by atoms with Gasteiger partial charge in [-0.1, -0.05) is 0 Å². The van der Waals surface area contributed by atoms with Crippen molar-refractivity contribution in [2.75, 3.05) is 19.7 Å². The molecule has 1 N–H and O–H groups in total. The van der Waals surface area contributed by atoms with Crippen LogP contribution in [0.5, 0.6) is 0 Å². The van der Waals surface area contributed by atoms with Gasteiger partial charge in [-0.05, 0) is 64.0 Å². The van der Waals surface area contributed by atoms with Gasteiger partial charge in [0.25, 0.3) is 0 Å². The van der Waals surface area contributed by atoms with Crippen molar-refractivity contribution in [3.05, 3.63) is 0 Å². The predicted octanol–water partition coefficient (Wildman–Crippen LogP) is 2.34. The molecule has 2 nitrogen and oxygen atoms in total. The molecule has 0 radical (unpaired) electrons. The molecule has 14 heavy (non-hydrogen) atoms. The molecule has 1 saturated carbocycles. The molecule has 2 rings (SSSR count). The van der Waals surface area contributed by atoms with Crippen molar-refractivity contribution in [1.82, 2.24) is 5.32 Å². The summed E-state index contributed by atoms with van der Waals surface area (Å²) in [5.41, 5.74) is 0. The zero-order valence-corrected chi connectivity index (χ0v) is 9.13. The molecule has 1 atom stereocenters.